The highest BCUT2D eigenvalue weighted by Crippen LogP contribution is 2.25. The monoisotopic (exact) mass is 410 g/mol. The first-order chi connectivity index (χ1) is 14.3. The Hall–Kier alpha value is -2.44. The highest BCUT2D eigenvalue weighted by Gasteiger charge is 2.17. The maximum atomic E-state index is 6.19. The molecular weight excluding hydrogens is 388 g/mol. The van der Waals surface area contributed by atoms with Crippen molar-refractivity contribution in [3.63, 3.8) is 0 Å². The summed E-state index contributed by atoms with van der Waals surface area (Å²) in [7, 11) is 0. The molecule has 0 aliphatic carbocycles. The molecule has 0 bridgehead atoms. The van der Waals surface area contributed by atoms with Crippen molar-refractivity contribution in [2.45, 2.75) is 26.0 Å². The van der Waals surface area contributed by atoms with Gasteiger partial charge in [0.1, 0.15) is 12.4 Å². The van der Waals surface area contributed by atoms with Gasteiger partial charge >= 0.3 is 0 Å². The molecule has 29 heavy (non-hydrogen) atoms. The largest absolute Gasteiger partial charge is 0.489 e. The fourth-order valence-corrected chi connectivity index (χ4v) is 3.35. The first-order valence-corrected chi connectivity index (χ1v) is 9.98. The molecule has 0 atom stereocenters. The number of hydrogen-bond donors (Lipinski definition) is 1. The Morgan fingerprint density at radius 3 is 2.59 bits per heavy atom. The van der Waals surface area contributed by atoms with E-state index in [1.807, 2.05) is 30.3 Å². The van der Waals surface area contributed by atoms with Crippen molar-refractivity contribution >= 4 is 11.6 Å². The van der Waals surface area contributed by atoms with E-state index in [0.29, 0.717) is 31.4 Å². The van der Waals surface area contributed by atoms with Crippen molar-refractivity contribution in [1.82, 2.24) is 10.3 Å². The molecule has 0 unspecified atom stereocenters. The summed E-state index contributed by atoms with van der Waals surface area (Å²) in [5.41, 5.74) is 4.28. The maximum absolute atomic E-state index is 6.19. The molecule has 0 saturated carbocycles. The van der Waals surface area contributed by atoms with Crippen molar-refractivity contribution in [2.75, 3.05) is 13.2 Å². The zero-order valence-electron chi connectivity index (χ0n) is 16.0. The molecule has 1 fully saturated rings. The molecule has 2 aromatic carbocycles. The van der Waals surface area contributed by atoms with E-state index in [4.69, 9.17) is 25.8 Å². The van der Waals surface area contributed by atoms with Crippen LogP contribution in [-0.2, 0) is 29.2 Å². The molecule has 150 valence electrons. The average molecular weight is 411 g/mol. The highest BCUT2D eigenvalue weighted by molar-refractivity contribution is 6.30. The van der Waals surface area contributed by atoms with E-state index >= 15 is 0 Å². The Morgan fingerprint density at radius 1 is 1.00 bits per heavy atom. The molecule has 0 amide bonds. The van der Waals surface area contributed by atoms with Gasteiger partial charge in [0.05, 0.1) is 13.2 Å². The second kappa shape index (κ2) is 9.85. The summed E-state index contributed by atoms with van der Waals surface area (Å²) in [5.74, 6) is 0.816. The minimum absolute atomic E-state index is 0.233. The molecule has 1 aliphatic heterocycles. The number of pyridine rings is 1. The summed E-state index contributed by atoms with van der Waals surface area (Å²) in [5, 5.41) is 4.15. The molecule has 1 aromatic heterocycles. The third kappa shape index (κ3) is 5.55. The lowest BCUT2D eigenvalue weighted by Gasteiger charge is -2.13. The van der Waals surface area contributed by atoms with Gasteiger partial charge in [-0.15, -0.1) is 0 Å². The lowest BCUT2D eigenvalue weighted by Crippen LogP contribution is -2.14. The van der Waals surface area contributed by atoms with Gasteiger partial charge in [0, 0.05) is 47.2 Å². The van der Waals surface area contributed by atoms with Gasteiger partial charge in [-0.1, -0.05) is 41.9 Å². The molecule has 1 aliphatic rings. The predicted octanol–water partition coefficient (Wildman–Crippen LogP) is 4.65. The number of benzene rings is 2. The quantitative estimate of drug-likeness (QED) is 0.585. The van der Waals surface area contributed by atoms with E-state index < -0.39 is 0 Å². The van der Waals surface area contributed by atoms with E-state index in [1.54, 1.807) is 12.4 Å². The van der Waals surface area contributed by atoms with Crippen LogP contribution in [0, 0.1) is 0 Å². The second-order valence-electron chi connectivity index (χ2n) is 6.82. The fourth-order valence-electron chi connectivity index (χ4n) is 3.16. The Kier molecular flexibility index (Phi) is 6.75. The van der Waals surface area contributed by atoms with Crippen LogP contribution >= 0.6 is 11.6 Å². The molecule has 5 nitrogen and oxygen atoms in total. The summed E-state index contributed by atoms with van der Waals surface area (Å²) in [4.78, 5) is 4.12. The SMILES string of the molecule is Clc1ccc(OCc2cccnc2)c(CNCc2ccc(C3OCCO3)cc2)c1. The van der Waals surface area contributed by atoms with Crippen LogP contribution in [0.25, 0.3) is 0 Å². The maximum Gasteiger partial charge on any atom is 0.184 e. The van der Waals surface area contributed by atoms with Crippen molar-refractivity contribution < 1.29 is 14.2 Å². The molecule has 0 spiro atoms. The lowest BCUT2D eigenvalue weighted by atomic mass is 10.1. The molecule has 3 aromatic rings. The smallest absolute Gasteiger partial charge is 0.184 e. The average Bonchev–Trinajstić information content (AvgIpc) is 3.29. The van der Waals surface area contributed by atoms with Gasteiger partial charge in [-0.2, -0.15) is 0 Å². The van der Waals surface area contributed by atoms with Gasteiger partial charge in [0.25, 0.3) is 0 Å². The molecule has 6 heteroatoms. The molecule has 4 rings (SSSR count). The van der Waals surface area contributed by atoms with Crippen molar-refractivity contribution in [2.24, 2.45) is 0 Å². The molecular formula is C23H23ClN2O3. The summed E-state index contributed by atoms with van der Waals surface area (Å²) < 4.78 is 17.0. The second-order valence-corrected chi connectivity index (χ2v) is 7.26. The van der Waals surface area contributed by atoms with Crippen LogP contribution in [-0.4, -0.2) is 18.2 Å². The van der Waals surface area contributed by atoms with Crippen LogP contribution in [0.4, 0.5) is 0 Å². The zero-order valence-corrected chi connectivity index (χ0v) is 16.8. The van der Waals surface area contributed by atoms with Crippen LogP contribution in [0.2, 0.25) is 5.02 Å². The van der Waals surface area contributed by atoms with Gasteiger partial charge in [0.2, 0.25) is 0 Å². The summed E-state index contributed by atoms with van der Waals surface area (Å²) in [6.07, 6.45) is 3.32. The first kappa shape index (κ1) is 19.9. The van der Waals surface area contributed by atoms with Crippen molar-refractivity contribution in [3.8, 4) is 5.75 Å². The van der Waals surface area contributed by atoms with E-state index in [2.05, 4.69) is 34.6 Å². The summed E-state index contributed by atoms with van der Waals surface area (Å²) in [6, 6.07) is 17.9. The van der Waals surface area contributed by atoms with Crippen LogP contribution < -0.4 is 10.1 Å². The van der Waals surface area contributed by atoms with E-state index in [0.717, 1.165) is 29.0 Å². The Bertz CT molecular complexity index is 913. The Labute approximate surface area is 175 Å². The zero-order chi connectivity index (χ0) is 19.9. The number of aromatic nitrogens is 1. The summed E-state index contributed by atoms with van der Waals surface area (Å²) >= 11 is 6.19. The minimum Gasteiger partial charge on any atom is -0.489 e. The van der Waals surface area contributed by atoms with Gasteiger partial charge in [0.15, 0.2) is 6.29 Å². The van der Waals surface area contributed by atoms with Gasteiger partial charge in [-0.3, -0.25) is 4.98 Å². The van der Waals surface area contributed by atoms with Crippen molar-refractivity contribution in [1.29, 1.82) is 0 Å². The lowest BCUT2D eigenvalue weighted by molar-refractivity contribution is -0.0441. The van der Waals surface area contributed by atoms with E-state index in [1.165, 1.54) is 5.56 Å². The molecule has 1 saturated heterocycles. The fraction of sp³-hybridized carbons (Fsp3) is 0.261. The first-order valence-electron chi connectivity index (χ1n) is 9.61. The Morgan fingerprint density at radius 2 is 1.83 bits per heavy atom. The normalized spacial score (nSPS) is 14.2. The third-order valence-corrected chi connectivity index (χ3v) is 4.89. The number of ether oxygens (including phenoxy) is 3. The Balaban J connectivity index is 1.33. The minimum atomic E-state index is -0.233. The highest BCUT2D eigenvalue weighted by atomic mass is 35.5. The van der Waals surface area contributed by atoms with E-state index in [9.17, 15) is 0 Å². The van der Waals surface area contributed by atoms with Crippen LogP contribution in [0.5, 0.6) is 5.75 Å². The van der Waals surface area contributed by atoms with Gasteiger partial charge in [-0.25, -0.2) is 0 Å². The third-order valence-electron chi connectivity index (χ3n) is 4.66. The van der Waals surface area contributed by atoms with Gasteiger partial charge in [-0.05, 0) is 29.8 Å². The van der Waals surface area contributed by atoms with Crippen LogP contribution in [0.1, 0.15) is 28.5 Å². The number of nitrogens with one attached hydrogen (secondary N) is 1. The number of nitrogens with zero attached hydrogens (tertiary/aromatic N) is 1. The molecule has 1 N–H and O–H groups in total. The molecule has 0 radical (unpaired) electrons. The van der Waals surface area contributed by atoms with Crippen molar-refractivity contribution in [3.05, 3.63) is 94.3 Å². The number of hydrogen-bond acceptors (Lipinski definition) is 5. The molecule has 2 heterocycles. The predicted molar refractivity (Wildman–Crippen MR) is 112 cm³/mol. The van der Waals surface area contributed by atoms with E-state index in [-0.39, 0.29) is 6.29 Å². The number of rotatable bonds is 8. The van der Waals surface area contributed by atoms with Crippen LogP contribution in [0.15, 0.2) is 67.0 Å². The number of halogens is 1. The van der Waals surface area contributed by atoms with Gasteiger partial charge < -0.3 is 19.5 Å². The summed E-state index contributed by atoms with van der Waals surface area (Å²) in [6.45, 7) is 3.16. The topological polar surface area (TPSA) is 52.6 Å². The van der Waals surface area contributed by atoms with Crippen LogP contribution in [0.3, 0.4) is 0 Å². The standard InChI is InChI=1S/C23H23ClN2O3/c24-21-7-8-22(29-16-18-2-1-9-25-14-18)20(12-21)15-26-13-17-3-5-19(6-4-17)23-27-10-11-28-23/h1-9,12,14,23,26H,10-11,13,15-16H2.